The Hall–Kier alpha value is -3.10. The molecule has 1 aromatic heterocycles. The normalized spacial score (nSPS) is 19.3. The summed E-state index contributed by atoms with van der Waals surface area (Å²) >= 11 is 5.93. The molecular formula is C23H19ClN2O3. The highest BCUT2D eigenvalue weighted by Gasteiger charge is 2.40. The number of furan rings is 1. The third kappa shape index (κ3) is 3.52. The second-order valence-corrected chi connectivity index (χ2v) is 7.73. The summed E-state index contributed by atoms with van der Waals surface area (Å²) in [7, 11) is 0. The Morgan fingerprint density at radius 2 is 1.79 bits per heavy atom. The number of carbonyl (C=O) groups is 2. The zero-order valence-electron chi connectivity index (χ0n) is 15.9. The molecule has 1 aliphatic carbocycles. The van der Waals surface area contributed by atoms with E-state index in [4.69, 9.17) is 16.0 Å². The van der Waals surface area contributed by atoms with Crippen molar-refractivity contribution in [2.75, 3.05) is 0 Å². The van der Waals surface area contributed by atoms with Crippen LogP contribution in [-0.2, 0) is 9.59 Å². The van der Waals surface area contributed by atoms with Gasteiger partial charge in [0.1, 0.15) is 23.2 Å². The number of benzene rings is 1. The molecular weight excluding hydrogens is 388 g/mol. The molecule has 1 aromatic carbocycles. The van der Waals surface area contributed by atoms with E-state index in [1.165, 1.54) is 4.90 Å². The first-order valence-electron chi connectivity index (χ1n) is 9.56. The van der Waals surface area contributed by atoms with Crippen molar-refractivity contribution in [3.05, 3.63) is 63.9 Å². The van der Waals surface area contributed by atoms with E-state index < -0.39 is 5.91 Å². The van der Waals surface area contributed by atoms with Gasteiger partial charge in [-0.15, -0.1) is 0 Å². The van der Waals surface area contributed by atoms with Gasteiger partial charge in [-0.05, 0) is 67.8 Å². The highest BCUT2D eigenvalue weighted by atomic mass is 35.5. The van der Waals surface area contributed by atoms with Crippen LogP contribution in [-0.4, -0.2) is 22.8 Å². The summed E-state index contributed by atoms with van der Waals surface area (Å²) in [5.74, 6) is 0.279. The number of halogens is 1. The van der Waals surface area contributed by atoms with E-state index in [-0.39, 0.29) is 17.5 Å². The smallest absolute Gasteiger partial charge is 0.271 e. The zero-order valence-corrected chi connectivity index (χ0v) is 16.7. The Labute approximate surface area is 173 Å². The summed E-state index contributed by atoms with van der Waals surface area (Å²) < 4.78 is 5.88. The fraction of sp³-hybridized carbons (Fsp3) is 0.261. The Morgan fingerprint density at radius 1 is 1.10 bits per heavy atom. The SMILES string of the molecule is CC1=C(C#N)C(=O)N(C2CCCC2)C(=O)/C1=C/c1ccc(-c2ccc(Cl)cc2)o1. The van der Waals surface area contributed by atoms with Crippen molar-refractivity contribution in [1.82, 2.24) is 4.90 Å². The fourth-order valence-corrected chi connectivity index (χ4v) is 4.06. The fourth-order valence-electron chi connectivity index (χ4n) is 3.94. The molecule has 1 aliphatic heterocycles. The van der Waals surface area contributed by atoms with Crippen LogP contribution in [0.25, 0.3) is 17.4 Å². The number of hydrogen-bond donors (Lipinski definition) is 0. The van der Waals surface area contributed by atoms with Crippen molar-refractivity contribution in [1.29, 1.82) is 5.26 Å². The van der Waals surface area contributed by atoms with E-state index in [1.807, 2.05) is 24.3 Å². The molecule has 2 amide bonds. The minimum absolute atomic E-state index is 0.0206. The summed E-state index contributed by atoms with van der Waals surface area (Å²) in [6.45, 7) is 1.63. The van der Waals surface area contributed by atoms with Crippen molar-refractivity contribution < 1.29 is 14.0 Å². The lowest BCUT2D eigenvalue weighted by Crippen LogP contribution is -2.47. The Balaban J connectivity index is 1.72. The summed E-state index contributed by atoms with van der Waals surface area (Å²) in [6.07, 6.45) is 5.14. The van der Waals surface area contributed by atoms with Crippen LogP contribution in [0.4, 0.5) is 0 Å². The lowest BCUT2D eigenvalue weighted by Gasteiger charge is -2.31. The topological polar surface area (TPSA) is 74.3 Å². The molecule has 0 saturated heterocycles. The first-order valence-corrected chi connectivity index (χ1v) is 9.94. The molecule has 0 radical (unpaired) electrons. The van der Waals surface area contributed by atoms with E-state index in [2.05, 4.69) is 0 Å². The first kappa shape index (κ1) is 19.2. The highest BCUT2D eigenvalue weighted by molar-refractivity contribution is 6.30. The summed E-state index contributed by atoms with van der Waals surface area (Å²) in [4.78, 5) is 27.2. The lowest BCUT2D eigenvalue weighted by molar-refractivity contribution is -0.143. The maximum atomic E-state index is 13.2. The van der Waals surface area contributed by atoms with Gasteiger partial charge in [-0.1, -0.05) is 24.4 Å². The predicted molar refractivity (Wildman–Crippen MR) is 110 cm³/mol. The Morgan fingerprint density at radius 3 is 2.45 bits per heavy atom. The second-order valence-electron chi connectivity index (χ2n) is 7.30. The molecule has 4 rings (SSSR count). The standard InChI is InChI=1S/C23H19ClN2O3/c1-14-19(12-18-10-11-21(29-18)15-6-8-16(24)9-7-15)22(27)26(17-4-2-3-5-17)23(28)20(14)13-25/h6-12,17H,2-5H2,1H3/b19-12+. The van der Waals surface area contributed by atoms with Gasteiger partial charge in [-0.2, -0.15) is 5.26 Å². The van der Waals surface area contributed by atoms with Gasteiger partial charge < -0.3 is 4.42 Å². The third-order valence-electron chi connectivity index (χ3n) is 5.50. The van der Waals surface area contributed by atoms with Crippen LogP contribution in [0.2, 0.25) is 5.02 Å². The van der Waals surface area contributed by atoms with Gasteiger partial charge in [0.25, 0.3) is 11.8 Å². The third-order valence-corrected chi connectivity index (χ3v) is 5.76. The van der Waals surface area contributed by atoms with Gasteiger partial charge in [0.05, 0.1) is 0 Å². The summed E-state index contributed by atoms with van der Waals surface area (Å²) in [5, 5.41) is 10.1. The molecule has 0 spiro atoms. The number of nitrogens with zero attached hydrogens (tertiary/aromatic N) is 2. The molecule has 29 heavy (non-hydrogen) atoms. The molecule has 5 nitrogen and oxygen atoms in total. The number of rotatable bonds is 3. The van der Waals surface area contributed by atoms with Crippen LogP contribution in [0.1, 0.15) is 38.4 Å². The predicted octanol–water partition coefficient (Wildman–Crippen LogP) is 5.13. The molecule has 1 saturated carbocycles. The minimum atomic E-state index is -0.486. The van der Waals surface area contributed by atoms with Crippen LogP contribution in [0.3, 0.4) is 0 Å². The average molecular weight is 407 g/mol. The van der Waals surface area contributed by atoms with Crippen molar-refractivity contribution in [2.24, 2.45) is 0 Å². The molecule has 0 N–H and O–H groups in total. The van der Waals surface area contributed by atoms with Crippen LogP contribution < -0.4 is 0 Å². The second kappa shape index (κ2) is 7.73. The molecule has 0 bridgehead atoms. The van der Waals surface area contributed by atoms with Gasteiger partial charge >= 0.3 is 0 Å². The first-order chi connectivity index (χ1) is 14.0. The molecule has 6 heteroatoms. The molecule has 2 aromatic rings. The van der Waals surface area contributed by atoms with E-state index in [0.717, 1.165) is 31.2 Å². The molecule has 2 aliphatic rings. The van der Waals surface area contributed by atoms with E-state index >= 15 is 0 Å². The van der Waals surface area contributed by atoms with Crippen molar-refractivity contribution >= 4 is 29.5 Å². The molecule has 146 valence electrons. The van der Waals surface area contributed by atoms with Gasteiger partial charge in [-0.3, -0.25) is 14.5 Å². The number of amides is 2. The van der Waals surface area contributed by atoms with Crippen LogP contribution in [0.5, 0.6) is 0 Å². The lowest BCUT2D eigenvalue weighted by atomic mass is 9.93. The van der Waals surface area contributed by atoms with Gasteiger partial charge in [0.2, 0.25) is 0 Å². The monoisotopic (exact) mass is 406 g/mol. The number of nitriles is 1. The van der Waals surface area contributed by atoms with E-state index in [1.54, 1.807) is 31.2 Å². The Kier molecular flexibility index (Phi) is 5.12. The summed E-state index contributed by atoms with van der Waals surface area (Å²) in [6, 6.07) is 12.7. The number of hydrogen-bond acceptors (Lipinski definition) is 4. The highest BCUT2D eigenvalue weighted by Crippen LogP contribution is 2.33. The van der Waals surface area contributed by atoms with Gasteiger partial charge in [-0.25, -0.2) is 0 Å². The minimum Gasteiger partial charge on any atom is -0.457 e. The zero-order chi connectivity index (χ0) is 20.5. The van der Waals surface area contributed by atoms with Crippen molar-refractivity contribution in [2.45, 2.75) is 38.6 Å². The largest absolute Gasteiger partial charge is 0.457 e. The maximum Gasteiger partial charge on any atom is 0.271 e. The van der Waals surface area contributed by atoms with Crippen LogP contribution in [0, 0.1) is 11.3 Å². The quantitative estimate of drug-likeness (QED) is 0.522. The molecule has 2 heterocycles. The molecule has 1 fully saturated rings. The van der Waals surface area contributed by atoms with Gasteiger partial charge in [0, 0.05) is 22.2 Å². The van der Waals surface area contributed by atoms with Crippen molar-refractivity contribution in [3.63, 3.8) is 0 Å². The molecule has 0 unspecified atom stereocenters. The molecule has 0 atom stereocenters. The van der Waals surface area contributed by atoms with E-state index in [9.17, 15) is 14.9 Å². The van der Waals surface area contributed by atoms with Gasteiger partial charge in [0.15, 0.2) is 0 Å². The maximum absolute atomic E-state index is 13.2. The number of carbonyl (C=O) groups excluding carboxylic acids is 2. The van der Waals surface area contributed by atoms with Crippen LogP contribution >= 0.6 is 11.6 Å². The van der Waals surface area contributed by atoms with Crippen LogP contribution in [0.15, 0.2) is 57.5 Å². The Bertz CT molecular complexity index is 1080. The number of imide groups is 1. The van der Waals surface area contributed by atoms with E-state index in [0.29, 0.717) is 27.7 Å². The average Bonchev–Trinajstić information content (AvgIpc) is 3.39. The van der Waals surface area contributed by atoms with Crippen molar-refractivity contribution in [3.8, 4) is 17.4 Å². The summed E-state index contributed by atoms with van der Waals surface area (Å²) in [5.41, 5.74) is 1.60.